The zero-order valence-corrected chi connectivity index (χ0v) is 11.5. The normalized spacial score (nSPS) is 10.7. The minimum absolute atomic E-state index is 0.0525. The Balaban J connectivity index is 1.99. The van der Waals surface area contributed by atoms with Crippen molar-refractivity contribution in [3.05, 3.63) is 76.9 Å². The lowest BCUT2D eigenvalue weighted by atomic mass is 10.00. The molecule has 20 heavy (non-hydrogen) atoms. The van der Waals surface area contributed by atoms with E-state index in [2.05, 4.69) is 4.98 Å². The lowest BCUT2D eigenvalue weighted by molar-refractivity contribution is 0.0994. The van der Waals surface area contributed by atoms with Gasteiger partial charge in [-0.25, -0.2) is 0 Å². The molecule has 0 unspecified atom stereocenters. The van der Waals surface area contributed by atoms with Gasteiger partial charge in [-0.05, 0) is 23.8 Å². The van der Waals surface area contributed by atoms with Crippen LogP contribution in [0.2, 0.25) is 5.02 Å². The first kappa shape index (κ1) is 12.8. The number of Topliss-reactive ketones (excluding diaryl/α,β-unsaturated/α-hetero) is 1. The summed E-state index contributed by atoms with van der Waals surface area (Å²) in [6.45, 7) is 0. The molecule has 2 aromatic carbocycles. The van der Waals surface area contributed by atoms with Crippen molar-refractivity contribution in [2.75, 3.05) is 0 Å². The second-order valence-corrected chi connectivity index (χ2v) is 4.97. The first-order chi connectivity index (χ1) is 9.75. The van der Waals surface area contributed by atoms with Crippen molar-refractivity contribution in [1.82, 2.24) is 4.98 Å². The van der Waals surface area contributed by atoms with Crippen LogP contribution in [0.15, 0.2) is 60.8 Å². The van der Waals surface area contributed by atoms with E-state index >= 15 is 0 Å². The SMILES string of the molecule is O=C(Cc1ccccc1Cl)c1ccnc2ccccc12. The van der Waals surface area contributed by atoms with E-state index in [9.17, 15) is 4.79 Å². The number of para-hydroxylation sites is 1. The number of fused-ring (bicyclic) bond motifs is 1. The summed E-state index contributed by atoms with van der Waals surface area (Å²) in [4.78, 5) is 16.8. The average Bonchev–Trinajstić information content (AvgIpc) is 2.49. The molecule has 0 N–H and O–H groups in total. The third-order valence-corrected chi connectivity index (χ3v) is 3.63. The third kappa shape index (κ3) is 2.43. The van der Waals surface area contributed by atoms with Gasteiger partial charge in [-0.1, -0.05) is 48.0 Å². The van der Waals surface area contributed by atoms with Crippen LogP contribution in [0.25, 0.3) is 10.9 Å². The number of rotatable bonds is 3. The summed E-state index contributed by atoms with van der Waals surface area (Å²) in [6, 6.07) is 16.8. The van der Waals surface area contributed by atoms with Crippen LogP contribution < -0.4 is 0 Å². The molecule has 0 bridgehead atoms. The summed E-state index contributed by atoms with van der Waals surface area (Å²) in [6.07, 6.45) is 1.97. The van der Waals surface area contributed by atoms with E-state index in [-0.39, 0.29) is 5.78 Å². The molecule has 0 amide bonds. The maximum atomic E-state index is 12.5. The quantitative estimate of drug-likeness (QED) is 0.670. The minimum atomic E-state index is 0.0525. The van der Waals surface area contributed by atoms with Gasteiger partial charge in [-0.3, -0.25) is 9.78 Å². The van der Waals surface area contributed by atoms with Gasteiger partial charge < -0.3 is 0 Å². The lowest BCUT2D eigenvalue weighted by Crippen LogP contribution is -2.05. The summed E-state index contributed by atoms with van der Waals surface area (Å²) in [5.74, 6) is 0.0525. The number of hydrogen-bond acceptors (Lipinski definition) is 2. The van der Waals surface area contributed by atoms with E-state index in [1.807, 2.05) is 42.5 Å². The fraction of sp³-hybridized carbons (Fsp3) is 0.0588. The first-order valence-corrected chi connectivity index (χ1v) is 6.74. The molecule has 3 heteroatoms. The van der Waals surface area contributed by atoms with Crippen molar-refractivity contribution in [2.45, 2.75) is 6.42 Å². The zero-order valence-electron chi connectivity index (χ0n) is 10.7. The van der Waals surface area contributed by atoms with Crippen LogP contribution in [0.5, 0.6) is 0 Å². The van der Waals surface area contributed by atoms with Crippen molar-refractivity contribution >= 4 is 28.3 Å². The molecule has 3 rings (SSSR count). The molecule has 3 aromatic rings. The Kier molecular flexibility index (Phi) is 3.48. The van der Waals surface area contributed by atoms with Gasteiger partial charge in [0.05, 0.1) is 5.52 Å². The Morgan fingerprint density at radius 1 is 1.00 bits per heavy atom. The lowest BCUT2D eigenvalue weighted by Gasteiger charge is -2.06. The Hall–Kier alpha value is -2.19. The van der Waals surface area contributed by atoms with Crippen molar-refractivity contribution in [3.63, 3.8) is 0 Å². The summed E-state index contributed by atoms with van der Waals surface area (Å²) in [5.41, 5.74) is 2.37. The Labute approximate surface area is 122 Å². The van der Waals surface area contributed by atoms with E-state index < -0.39 is 0 Å². The summed E-state index contributed by atoms with van der Waals surface area (Å²) >= 11 is 6.11. The molecule has 98 valence electrons. The fourth-order valence-electron chi connectivity index (χ4n) is 2.25. The van der Waals surface area contributed by atoms with Crippen LogP contribution in [0.4, 0.5) is 0 Å². The molecule has 0 aliphatic rings. The number of benzene rings is 2. The van der Waals surface area contributed by atoms with E-state index in [1.54, 1.807) is 18.3 Å². The Morgan fingerprint density at radius 2 is 1.75 bits per heavy atom. The average molecular weight is 282 g/mol. The number of aromatic nitrogens is 1. The summed E-state index contributed by atoms with van der Waals surface area (Å²) < 4.78 is 0. The second kappa shape index (κ2) is 5.43. The van der Waals surface area contributed by atoms with Crippen LogP contribution in [0.1, 0.15) is 15.9 Å². The monoisotopic (exact) mass is 281 g/mol. The molecule has 0 radical (unpaired) electrons. The predicted molar refractivity (Wildman–Crippen MR) is 81.2 cm³/mol. The largest absolute Gasteiger partial charge is 0.294 e. The smallest absolute Gasteiger partial charge is 0.168 e. The zero-order chi connectivity index (χ0) is 13.9. The van der Waals surface area contributed by atoms with Gasteiger partial charge >= 0.3 is 0 Å². The molecule has 0 atom stereocenters. The third-order valence-electron chi connectivity index (χ3n) is 3.26. The molecule has 1 heterocycles. The maximum Gasteiger partial charge on any atom is 0.168 e. The highest BCUT2D eigenvalue weighted by Gasteiger charge is 2.12. The maximum absolute atomic E-state index is 12.5. The molecule has 0 fully saturated rings. The topological polar surface area (TPSA) is 30.0 Å². The molecule has 0 aliphatic carbocycles. The molecule has 0 saturated heterocycles. The number of carbonyl (C=O) groups excluding carboxylic acids is 1. The van der Waals surface area contributed by atoms with Crippen LogP contribution in [-0.4, -0.2) is 10.8 Å². The van der Waals surface area contributed by atoms with Crippen molar-refractivity contribution in [1.29, 1.82) is 0 Å². The van der Waals surface area contributed by atoms with Crippen molar-refractivity contribution in [2.24, 2.45) is 0 Å². The molecule has 0 spiro atoms. The van der Waals surface area contributed by atoms with E-state index in [1.165, 1.54) is 0 Å². The van der Waals surface area contributed by atoms with Crippen molar-refractivity contribution in [3.8, 4) is 0 Å². The summed E-state index contributed by atoms with van der Waals surface area (Å²) in [7, 11) is 0. The van der Waals surface area contributed by atoms with E-state index in [4.69, 9.17) is 11.6 Å². The molecule has 1 aromatic heterocycles. The number of ketones is 1. The van der Waals surface area contributed by atoms with Crippen LogP contribution in [0, 0.1) is 0 Å². The number of pyridine rings is 1. The minimum Gasteiger partial charge on any atom is -0.294 e. The van der Waals surface area contributed by atoms with Gasteiger partial charge in [0.15, 0.2) is 5.78 Å². The number of nitrogens with zero attached hydrogens (tertiary/aromatic N) is 1. The predicted octanol–water partition coefficient (Wildman–Crippen LogP) is 4.31. The van der Waals surface area contributed by atoms with Crippen LogP contribution in [0.3, 0.4) is 0 Å². The van der Waals surface area contributed by atoms with Gasteiger partial charge in [0.25, 0.3) is 0 Å². The highest BCUT2D eigenvalue weighted by atomic mass is 35.5. The van der Waals surface area contributed by atoms with Gasteiger partial charge in [0, 0.05) is 28.6 Å². The number of hydrogen-bond donors (Lipinski definition) is 0. The Morgan fingerprint density at radius 3 is 2.60 bits per heavy atom. The summed E-state index contributed by atoms with van der Waals surface area (Å²) in [5, 5.41) is 1.51. The van der Waals surface area contributed by atoms with Gasteiger partial charge in [0.1, 0.15) is 0 Å². The van der Waals surface area contributed by atoms with Crippen LogP contribution in [-0.2, 0) is 6.42 Å². The molecular weight excluding hydrogens is 270 g/mol. The van der Waals surface area contributed by atoms with E-state index in [0.29, 0.717) is 17.0 Å². The first-order valence-electron chi connectivity index (χ1n) is 6.36. The van der Waals surface area contributed by atoms with Crippen LogP contribution >= 0.6 is 11.6 Å². The van der Waals surface area contributed by atoms with Gasteiger partial charge in [0.2, 0.25) is 0 Å². The Bertz CT molecular complexity index is 777. The highest BCUT2D eigenvalue weighted by molar-refractivity contribution is 6.31. The highest BCUT2D eigenvalue weighted by Crippen LogP contribution is 2.21. The van der Waals surface area contributed by atoms with Gasteiger partial charge in [-0.15, -0.1) is 0 Å². The van der Waals surface area contributed by atoms with Crippen molar-refractivity contribution < 1.29 is 4.79 Å². The van der Waals surface area contributed by atoms with E-state index in [0.717, 1.165) is 16.5 Å². The molecule has 0 saturated carbocycles. The molecular formula is C17H12ClNO. The second-order valence-electron chi connectivity index (χ2n) is 4.57. The molecule has 2 nitrogen and oxygen atoms in total. The van der Waals surface area contributed by atoms with Gasteiger partial charge in [-0.2, -0.15) is 0 Å². The number of halogens is 1. The fourth-order valence-corrected chi connectivity index (χ4v) is 2.45. The number of carbonyl (C=O) groups is 1. The standard InChI is InChI=1S/C17H12ClNO/c18-15-7-3-1-5-12(15)11-17(20)14-9-10-19-16-8-4-2-6-13(14)16/h1-10H,11H2. The molecule has 0 aliphatic heterocycles.